The average Bonchev–Trinajstić information content (AvgIpc) is 3.27. The van der Waals surface area contributed by atoms with Gasteiger partial charge in [0.15, 0.2) is 0 Å². The monoisotopic (exact) mass is 508 g/mol. The summed E-state index contributed by atoms with van der Waals surface area (Å²) in [5.74, 6) is -0.666. The van der Waals surface area contributed by atoms with Crippen LogP contribution in [0, 0.1) is 11.7 Å². The minimum absolute atomic E-state index is 0.0164. The summed E-state index contributed by atoms with van der Waals surface area (Å²) in [6, 6.07) is 15.7. The number of nitrogens with zero attached hydrogens (tertiary/aromatic N) is 2. The van der Waals surface area contributed by atoms with Crippen molar-refractivity contribution < 1.29 is 17.6 Å². The molecule has 1 amide bonds. The third-order valence-electron chi connectivity index (χ3n) is 4.90. The molecule has 33 heavy (non-hydrogen) atoms. The largest absolute Gasteiger partial charge is 0.332 e. The summed E-state index contributed by atoms with van der Waals surface area (Å²) >= 11 is 7.43. The molecule has 0 N–H and O–H groups in total. The number of amides is 1. The highest BCUT2D eigenvalue weighted by Gasteiger charge is 2.29. The second-order valence-corrected chi connectivity index (χ2v) is 11.5. The quantitative estimate of drug-likeness (QED) is 0.367. The van der Waals surface area contributed by atoms with E-state index in [1.165, 1.54) is 52.0 Å². The zero-order valence-electron chi connectivity index (χ0n) is 18.4. The zero-order chi connectivity index (χ0) is 24.0. The fourth-order valence-corrected chi connectivity index (χ4v) is 5.69. The number of hydrogen-bond acceptors (Lipinski definition) is 4. The van der Waals surface area contributed by atoms with Crippen molar-refractivity contribution in [3.63, 3.8) is 0 Å². The molecule has 3 aromatic rings. The van der Waals surface area contributed by atoms with Gasteiger partial charge in [-0.3, -0.25) is 4.79 Å². The van der Waals surface area contributed by atoms with Gasteiger partial charge in [0.25, 0.3) is 0 Å². The lowest BCUT2D eigenvalue weighted by Gasteiger charge is -2.28. The summed E-state index contributed by atoms with van der Waals surface area (Å²) in [7, 11) is -3.90. The summed E-state index contributed by atoms with van der Waals surface area (Å²) in [6.45, 7) is 4.28. The molecule has 0 aliphatic carbocycles. The van der Waals surface area contributed by atoms with E-state index in [1.807, 2.05) is 31.4 Å². The van der Waals surface area contributed by atoms with E-state index in [1.54, 1.807) is 17.0 Å². The van der Waals surface area contributed by atoms with Crippen molar-refractivity contribution in [2.45, 2.75) is 31.8 Å². The lowest BCUT2D eigenvalue weighted by atomic mass is 10.2. The van der Waals surface area contributed by atoms with Crippen molar-refractivity contribution in [2.24, 2.45) is 5.92 Å². The van der Waals surface area contributed by atoms with E-state index in [2.05, 4.69) is 0 Å². The maximum atomic E-state index is 13.4. The van der Waals surface area contributed by atoms with Crippen LogP contribution in [0.25, 0.3) is 0 Å². The Morgan fingerprint density at radius 2 is 1.70 bits per heavy atom. The van der Waals surface area contributed by atoms with Crippen molar-refractivity contribution in [3.8, 4) is 0 Å². The molecule has 5 nitrogen and oxygen atoms in total. The Morgan fingerprint density at radius 1 is 1.03 bits per heavy atom. The minimum Gasteiger partial charge on any atom is -0.332 e. The van der Waals surface area contributed by atoms with Crippen molar-refractivity contribution in [3.05, 3.63) is 87.3 Å². The molecular weight excluding hydrogens is 483 g/mol. The van der Waals surface area contributed by atoms with Crippen LogP contribution in [0.5, 0.6) is 0 Å². The SMILES string of the molecule is CC(C)CN(CC(=O)N(Cc1ccc(F)cc1)Cc1cccs1)S(=O)(=O)c1ccc(Cl)cc1. The van der Waals surface area contributed by atoms with Crippen molar-refractivity contribution in [1.29, 1.82) is 0 Å². The summed E-state index contributed by atoms with van der Waals surface area (Å²) in [4.78, 5) is 16.1. The molecular formula is C24H26ClFN2O3S2. The summed E-state index contributed by atoms with van der Waals surface area (Å²) < 4.78 is 41.2. The van der Waals surface area contributed by atoms with E-state index >= 15 is 0 Å². The number of carbonyl (C=O) groups is 1. The Morgan fingerprint density at radius 3 is 2.27 bits per heavy atom. The number of sulfonamides is 1. The zero-order valence-corrected chi connectivity index (χ0v) is 20.8. The molecule has 1 aromatic heterocycles. The van der Waals surface area contributed by atoms with Crippen LogP contribution in [0.3, 0.4) is 0 Å². The second-order valence-electron chi connectivity index (χ2n) is 8.10. The summed E-state index contributed by atoms with van der Waals surface area (Å²) in [6.07, 6.45) is 0. The highest BCUT2D eigenvalue weighted by molar-refractivity contribution is 7.89. The van der Waals surface area contributed by atoms with E-state index < -0.39 is 10.0 Å². The fraction of sp³-hybridized carbons (Fsp3) is 0.292. The fourth-order valence-electron chi connectivity index (χ4n) is 3.29. The first-order chi connectivity index (χ1) is 15.6. The summed E-state index contributed by atoms with van der Waals surface area (Å²) in [5, 5.41) is 2.35. The number of thiophene rings is 1. The molecule has 0 fully saturated rings. The molecule has 0 saturated carbocycles. The Kier molecular flexibility index (Phi) is 8.64. The molecule has 0 saturated heterocycles. The Bertz CT molecular complexity index is 1150. The van der Waals surface area contributed by atoms with Crippen LogP contribution in [-0.2, 0) is 27.9 Å². The second kappa shape index (κ2) is 11.2. The maximum absolute atomic E-state index is 13.4. The summed E-state index contributed by atoms with van der Waals surface area (Å²) in [5.41, 5.74) is 0.761. The van der Waals surface area contributed by atoms with Crippen molar-refractivity contribution >= 4 is 38.9 Å². The standard InChI is InChI=1S/C24H26ClFN2O3S2/c1-18(2)14-28(33(30,31)23-11-7-20(25)8-12-23)17-24(29)27(16-22-4-3-13-32-22)15-19-5-9-21(26)10-6-19/h3-13,18H,14-17H2,1-2H3. The average molecular weight is 509 g/mol. The molecule has 1 heterocycles. The molecule has 176 valence electrons. The van der Waals surface area contributed by atoms with E-state index in [4.69, 9.17) is 11.6 Å². The number of hydrogen-bond donors (Lipinski definition) is 0. The lowest BCUT2D eigenvalue weighted by Crippen LogP contribution is -2.43. The van der Waals surface area contributed by atoms with Gasteiger partial charge in [0.1, 0.15) is 5.82 Å². The Labute approximate surface area is 203 Å². The number of carbonyl (C=O) groups excluding carboxylic acids is 1. The third-order valence-corrected chi connectivity index (χ3v) is 7.84. The van der Waals surface area contributed by atoms with Crippen LogP contribution in [0.15, 0.2) is 70.9 Å². The Hall–Kier alpha value is -2.26. The van der Waals surface area contributed by atoms with Gasteiger partial charge >= 0.3 is 0 Å². The van der Waals surface area contributed by atoms with Gasteiger partial charge in [-0.05, 0) is 59.3 Å². The minimum atomic E-state index is -3.90. The number of benzene rings is 2. The molecule has 0 spiro atoms. The van der Waals surface area contributed by atoms with Crippen LogP contribution in [-0.4, -0.2) is 36.6 Å². The molecule has 0 bridgehead atoms. The first kappa shape index (κ1) is 25.4. The smallest absolute Gasteiger partial charge is 0.243 e. The molecule has 3 rings (SSSR count). The highest BCUT2D eigenvalue weighted by atomic mass is 35.5. The normalized spacial score (nSPS) is 11.8. The maximum Gasteiger partial charge on any atom is 0.243 e. The molecule has 0 aliphatic rings. The van der Waals surface area contributed by atoms with E-state index in [0.717, 1.165) is 10.4 Å². The van der Waals surface area contributed by atoms with E-state index in [9.17, 15) is 17.6 Å². The van der Waals surface area contributed by atoms with Crippen LogP contribution in [0.2, 0.25) is 5.02 Å². The lowest BCUT2D eigenvalue weighted by molar-refractivity contribution is -0.132. The number of rotatable bonds is 10. The van der Waals surface area contributed by atoms with Gasteiger partial charge < -0.3 is 4.90 Å². The molecule has 9 heteroatoms. The van der Waals surface area contributed by atoms with E-state index in [-0.39, 0.29) is 42.2 Å². The molecule has 0 radical (unpaired) electrons. The molecule has 0 unspecified atom stereocenters. The van der Waals surface area contributed by atoms with Crippen LogP contribution < -0.4 is 0 Å². The topological polar surface area (TPSA) is 57.7 Å². The molecule has 0 aliphatic heterocycles. The van der Waals surface area contributed by atoms with Gasteiger partial charge in [0.2, 0.25) is 15.9 Å². The predicted molar refractivity (Wildman–Crippen MR) is 130 cm³/mol. The van der Waals surface area contributed by atoms with Crippen LogP contribution in [0.1, 0.15) is 24.3 Å². The predicted octanol–water partition coefficient (Wildman–Crippen LogP) is 5.42. The Balaban J connectivity index is 1.86. The van der Waals surface area contributed by atoms with Crippen molar-refractivity contribution in [2.75, 3.05) is 13.1 Å². The van der Waals surface area contributed by atoms with Gasteiger partial charge in [-0.15, -0.1) is 11.3 Å². The van der Waals surface area contributed by atoms with Crippen LogP contribution >= 0.6 is 22.9 Å². The van der Waals surface area contributed by atoms with Gasteiger partial charge in [-0.1, -0.05) is 43.6 Å². The molecule has 0 atom stereocenters. The van der Waals surface area contributed by atoms with Crippen LogP contribution in [0.4, 0.5) is 4.39 Å². The van der Waals surface area contributed by atoms with Gasteiger partial charge in [-0.25, -0.2) is 12.8 Å². The number of halogens is 2. The van der Waals surface area contributed by atoms with Crippen molar-refractivity contribution in [1.82, 2.24) is 9.21 Å². The van der Waals surface area contributed by atoms with Gasteiger partial charge in [0.05, 0.1) is 18.0 Å². The highest BCUT2D eigenvalue weighted by Crippen LogP contribution is 2.21. The first-order valence-electron chi connectivity index (χ1n) is 10.5. The van der Waals surface area contributed by atoms with Gasteiger partial charge in [0, 0.05) is 23.0 Å². The molecule has 2 aromatic carbocycles. The third kappa shape index (κ3) is 7.11. The first-order valence-corrected chi connectivity index (χ1v) is 13.1. The van der Waals surface area contributed by atoms with Gasteiger partial charge in [-0.2, -0.15) is 4.31 Å². The van der Waals surface area contributed by atoms with E-state index in [0.29, 0.717) is 11.6 Å².